The number of esters is 2. The first-order valence-corrected chi connectivity index (χ1v) is 29.7. The highest BCUT2D eigenvalue weighted by atomic mass is 16.6. The molecule has 5 bridgehead atoms. The van der Waals surface area contributed by atoms with Gasteiger partial charge in [-0.2, -0.15) is 0 Å². The van der Waals surface area contributed by atoms with Gasteiger partial charge in [0.05, 0.1) is 25.4 Å². The molecular weight excluding hydrogens is 993 g/mol. The van der Waals surface area contributed by atoms with Crippen molar-refractivity contribution >= 4 is 22.9 Å². The first-order valence-electron chi connectivity index (χ1n) is 29.7. The average Bonchev–Trinajstić information content (AvgIpc) is 3.51. The van der Waals surface area contributed by atoms with E-state index in [4.69, 9.17) is 23.4 Å². The number of aliphatic hydroxyl groups excluding tert-OH is 3. The number of hydrogen-bond acceptors (Lipinski definition) is 11. The Morgan fingerprint density at radius 1 is 0.785 bits per heavy atom. The molecule has 11 atom stereocenters. The highest BCUT2D eigenvalue weighted by Gasteiger charge is 2.59. The number of carbonyl (C=O) groups is 2. The normalized spacial score (nSPS) is 30.5. The second-order valence-electron chi connectivity index (χ2n) is 24.6. The van der Waals surface area contributed by atoms with E-state index < -0.39 is 47.9 Å². The van der Waals surface area contributed by atoms with E-state index >= 15 is 9.59 Å². The molecule has 79 heavy (non-hydrogen) atoms. The molecule has 4 aliphatic carbocycles. The Bertz CT molecular complexity index is 3250. The summed E-state index contributed by atoms with van der Waals surface area (Å²) < 4.78 is 33.2. The number of hydrogen-bond donors (Lipinski definition) is 3. The van der Waals surface area contributed by atoms with E-state index in [9.17, 15) is 20.1 Å². The number of aryl methyl sites for hydroxylation is 3. The van der Waals surface area contributed by atoms with Gasteiger partial charge in [0.2, 0.25) is 0 Å². The van der Waals surface area contributed by atoms with Crippen molar-refractivity contribution in [2.45, 2.75) is 171 Å². The summed E-state index contributed by atoms with van der Waals surface area (Å²) in [5, 5.41) is 32.4. The van der Waals surface area contributed by atoms with Gasteiger partial charge in [0.1, 0.15) is 11.3 Å². The summed E-state index contributed by atoms with van der Waals surface area (Å²) in [6, 6.07) is 28.9. The van der Waals surface area contributed by atoms with Crippen LogP contribution in [0.5, 0.6) is 5.75 Å². The van der Waals surface area contributed by atoms with Crippen LogP contribution >= 0.6 is 0 Å². The van der Waals surface area contributed by atoms with Crippen molar-refractivity contribution in [1.29, 1.82) is 0 Å². The third-order valence-electron chi connectivity index (χ3n) is 20.5. The summed E-state index contributed by atoms with van der Waals surface area (Å²) in [6.45, 7) is 2.75. The molecule has 7 aliphatic rings. The Morgan fingerprint density at radius 3 is 2.46 bits per heavy atom. The number of aliphatic hydroxyl groups is 3. The Morgan fingerprint density at radius 2 is 1.62 bits per heavy atom. The maximum Gasteiger partial charge on any atom is 0.340 e. The molecular formula is C68H78O11. The summed E-state index contributed by atoms with van der Waals surface area (Å²) in [6.07, 6.45) is 16.6. The molecule has 3 aliphatic heterocycles. The van der Waals surface area contributed by atoms with E-state index in [1.54, 1.807) is 19.1 Å². The van der Waals surface area contributed by atoms with E-state index in [1.807, 2.05) is 6.92 Å². The quantitative estimate of drug-likeness (QED) is 0.0557. The molecule has 11 nitrogen and oxygen atoms in total. The van der Waals surface area contributed by atoms with Crippen LogP contribution in [0.2, 0.25) is 0 Å². The molecule has 416 valence electrons. The van der Waals surface area contributed by atoms with Gasteiger partial charge in [0, 0.05) is 65.7 Å². The summed E-state index contributed by atoms with van der Waals surface area (Å²) >= 11 is 0. The van der Waals surface area contributed by atoms with Crippen molar-refractivity contribution in [2.24, 2.45) is 23.7 Å². The Labute approximate surface area is 464 Å². The van der Waals surface area contributed by atoms with Gasteiger partial charge >= 0.3 is 17.6 Å². The Kier molecular flexibility index (Phi) is 15.1. The van der Waals surface area contributed by atoms with Gasteiger partial charge in [-0.05, 0) is 164 Å². The molecule has 0 amide bonds. The van der Waals surface area contributed by atoms with E-state index in [-0.39, 0.29) is 84.4 Å². The number of rotatable bonds is 9. The molecule has 5 aromatic rings. The highest BCUT2D eigenvalue weighted by Crippen LogP contribution is 2.57. The minimum atomic E-state index is -1.31. The summed E-state index contributed by atoms with van der Waals surface area (Å²) in [4.78, 5) is 45.4. The maximum absolute atomic E-state index is 15.6. The third-order valence-corrected chi connectivity index (χ3v) is 20.5. The third kappa shape index (κ3) is 9.52. The highest BCUT2D eigenvalue weighted by molar-refractivity contribution is 5.90. The number of fused-ring (bicyclic) bond motifs is 11. The largest absolute Gasteiger partial charge is 0.483 e. The molecule has 11 heteroatoms. The lowest BCUT2D eigenvalue weighted by atomic mass is 9.54. The van der Waals surface area contributed by atoms with Crippen LogP contribution in [0, 0.1) is 23.7 Å². The fraction of sp³-hybridized carbons (Fsp3) is 0.515. The van der Waals surface area contributed by atoms with Crippen LogP contribution in [0.1, 0.15) is 183 Å². The summed E-state index contributed by atoms with van der Waals surface area (Å²) in [5.41, 5.74) is 8.83. The van der Waals surface area contributed by atoms with Crippen molar-refractivity contribution < 1.29 is 48.3 Å². The molecule has 12 rings (SSSR count). The topological polar surface area (TPSA) is 162 Å². The lowest BCUT2D eigenvalue weighted by Gasteiger charge is -2.52. The first-order chi connectivity index (χ1) is 38.5. The zero-order chi connectivity index (χ0) is 54.6. The molecule has 2 fully saturated rings. The van der Waals surface area contributed by atoms with Crippen molar-refractivity contribution in [1.82, 2.24) is 0 Å². The molecule has 2 saturated carbocycles. The molecule has 0 unspecified atom stereocenters. The van der Waals surface area contributed by atoms with Gasteiger partial charge in [-0.15, -0.1) is 0 Å². The predicted molar refractivity (Wildman–Crippen MR) is 302 cm³/mol. The minimum Gasteiger partial charge on any atom is -0.483 e. The fourth-order valence-corrected chi connectivity index (χ4v) is 16.6. The summed E-state index contributed by atoms with van der Waals surface area (Å²) in [5.74, 6) is -1.02. The van der Waals surface area contributed by atoms with Crippen LogP contribution in [0.3, 0.4) is 0 Å². The minimum absolute atomic E-state index is 0.0266. The van der Waals surface area contributed by atoms with E-state index in [0.717, 1.165) is 62.5 Å². The number of ether oxygens (including phenoxy) is 4. The predicted octanol–water partition coefficient (Wildman–Crippen LogP) is 12.0. The molecule has 0 radical (unpaired) electrons. The number of allylic oxidation sites excluding steroid dienone is 2. The van der Waals surface area contributed by atoms with Crippen LogP contribution < -0.4 is 10.4 Å². The molecule has 0 spiro atoms. The van der Waals surface area contributed by atoms with Gasteiger partial charge in [0.25, 0.3) is 0 Å². The van der Waals surface area contributed by atoms with Crippen LogP contribution in [-0.4, -0.2) is 65.9 Å². The molecule has 4 heterocycles. The number of benzene rings is 4. The van der Waals surface area contributed by atoms with Gasteiger partial charge in [-0.1, -0.05) is 111 Å². The van der Waals surface area contributed by atoms with Gasteiger partial charge in [-0.3, -0.25) is 4.79 Å². The van der Waals surface area contributed by atoms with Crippen molar-refractivity contribution in [3.05, 3.63) is 168 Å². The fourth-order valence-electron chi connectivity index (χ4n) is 16.6. The zero-order valence-electron chi connectivity index (χ0n) is 46.3. The van der Waals surface area contributed by atoms with Crippen LogP contribution in [0.25, 0.3) is 11.0 Å². The summed E-state index contributed by atoms with van der Waals surface area (Å²) in [7, 11) is 1.52. The Balaban J connectivity index is 1.02. The van der Waals surface area contributed by atoms with Gasteiger partial charge in [-0.25, -0.2) is 9.59 Å². The lowest BCUT2D eigenvalue weighted by molar-refractivity contribution is -0.205. The molecule has 4 aromatic carbocycles. The Hall–Kier alpha value is -5.85. The standard InChI is InChI=1S/C68H78O11/c1-40(37-70)52-26-23-41-18-21-47-33-45(41)20-19-42-11-4-6-16-56(42)67(2)64(78-65(52)73)63(61-58(79-67)29-28-54-55(38-71)60(66(74)77-62(54)61)48(30-32-69)39-75-3)76-59(72)36-49-34-46(24-27-53(47)49)44-13-10-15-51(35-44)68-31-9-8-14-50(68)25-22-43-12-5-7-17-57(43)68/h5,7,10,12-13,15,17-18,21,24,27-29,33,35,42,46,48-50,53,56,63-64,69-71H,4,6,8-9,11,14,16,19-20,22-23,25-26,30-32,34,36-39H2,1-3H3/b52-40-/t42-,46+,48+,49+,50+,53-,56-,63+,64-,67-,68-/m0/s1. The van der Waals surface area contributed by atoms with Crippen molar-refractivity contribution in [2.75, 3.05) is 26.9 Å². The lowest BCUT2D eigenvalue weighted by Crippen LogP contribution is -2.60. The number of carbonyl (C=O) groups excluding carboxylic acids is 2. The molecule has 0 saturated heterocycles. The average molecular weight is 1070 g/mol. The van der Waals surface area contributed by atoms with Gasteiger partial charge in [0.15, 0.2) is 17.8 Å². The van der Waals surface area contributed by atoms with Crippen LogP contribution in [0.15, 0.2) is 111 Å². The van der Waals surface area contributed by atoms with Gasteiger partial charge < -0.3 is 38.7 Å². The molecule has 3 N–H and O–H groups in total. The van der Waals surface area contributed by atoms with Crippen molar-refractivity contribution in [3.8, 4) is 5.75 Å². The van der Waals surface area contributed by atoms with E-state index in [1.165, 1.54) is 60.6 Å². The number of methoxy groups -OCH3 is 1. The van der Waals surface area contributed by atoms with Crippen LogP contribution in [0.4, 0.5) is 0 Å². The SMILES string of the molecule is COC[C@@H](CCO)c1c(CO)c2ccc3c(c2oc1=O)[C@H]1OC(=O)C[C@H]2C[C@H](c4cccc([C@]56CCCC[C@@H]5CCc5ccccc56)c4)C=C[C@H]2c2ccc4c(c2)CC[C@@H]2CCCC[C@@H]2[C@](C)(O3)[C@H]1OC(=O)/C(=C(/C)CO)CC4. The first kappa shape index (κ1) is 53.8. The monoisotopic (exact) mass is 1070 g/mol. The van der Waals surface area contributed by atoms with E-state index in [2.05, 4.69) is 78.9 Å². The maximum atomic E-state index is 15.6. The van der Waals surface area contributed by atoms with Crippen LogP contribution in [-0.2, 0) is 55.1 Å². The van der Waals surface area contributed by atoms with Crippen molar-refractivity contribution in [3.63, 3.8) is 0 Å². The molecule has 1 aromatic heterocycles. The van der Waals surface area contributed by atoms with E-state index in [0.29, 0.717) is 53.0 Å². The second-order valence-corrected chi connectivity index (χ2v) is 24.6. The smallest absolute Gasteiger partial charge is 0.340 e. The zero-order valence-corrected chi connectivity index (χ0v) is 46.3. The second kappa shape index (κ2) is 22.2.